The van der Waals surface area contributed by atoms with Gasteiger partial charge in [0.2, 0.25) is 15.8 Å². The standard InChI is InChI=1S/C11H14FN3O5S/c1-20-11-6-13-5-9(11)14-21(18,19)7-2-3-8(12)10(4-7)15(16)17/h2-4,9,11,13-14H,5-6H2,1H3/t9?,11-/m0/s1. The number of halogens is 1. The molecule has 0 aliphatic carbocycles. The van der Waals surface area contributed by atoms with Gasteiger partial charge in [0.1, 0.15) is 0 Å². The zero-order valence-corrected chi connectivity index (χ0v) is 11.9. The molecule has 2 atom stereocenters. The number of nitrogens with one attached hydrogen (secondary N) is 2. The smallest absolute Gasteiger partial charge is 0.306 e. The normalized spacial score (nSPS) is 22.4. The lowest BCUT2D eigenvalue weighted by atomic mass is 10.2. The third-order valence-corrected chi connectivity index (χ3v) is 4.68. The van der Waals surface area contributed by atoms with Crippen molar-refractivity contribution in [1.82, 2.24) is 10.0 Å². The molecule has 21 heavy (non-hydrogen) atoms. The van der Waals surface area contributed by atoms with E-state index in [9.17, 15) is 22.9 Å². The molecule has 0 aromatic heterocycles. The molecule has 1 unspecified atom stereocenters. The van der Waals surface area contributed by atoms with Gasteiger partial charge in [0, 0.05) is 26.3 Å². The molecule has 1 heterocycles. The van der Waals surface area contributed by atoms with Crippen LogP contribution in [0.5, 0.6) is 0 Å². The molecule has 0 radical (unpaired) electrons. The van der Waals surface area contributed by atoms with Gasteiger partial charge in [-0.3, -0.25) is 10.1 Å². The summed E-state index contributed by atoms with van der Waals surface area (Å²) in [6.07, 6.45) is -0.338. The molecule has 0 bridgehead atoms. The summed E-state index contributed by atoms with van der Waals surface area (Å²) in [6, 6.07) is 1.94. The molecule has 0 amide bonds. The largest absolute Gasteiger partial charge is 0.378 e. The van der Waals surface area contributed by atoms with Crippen LogP contribution in [0, 0.1) is 15.9 Å². The predicted molar refractivity (Wildman–Crippen MR) is 70.8 cm³/mol. The summed E-state index contributed by atoms with van der Waals surface area (Å²) in [7, 11) is -2.54. The highest BCUT2D eigenvalue weighted by atomic mass is 32.2. The minimum absolute atomic E-state index is 0.338. The van der Waals surface area contributed by atoms with E-state index >= 15 is 0 Å². The molecule has 1 aromatic carbocycles. The van der Waals surface area contributed by atoms with Crippen LogP contribution in [-0.4, -0.2) is 45.7 Å². The Labute approximate surface area is 120 Å². The molecular formula is C11H14FN3O5S. The quantitative estimate of drug-likeness (QED) is 0.584. The topological polar surface area (TPSA) is 111 Å². The molecule has 116 valence electrons. The van der Waals surface area contributed by atoms with E-state index in [0.29, 0.717) is 19.2 Å². The number of benzene rings is 1. The molecule has 1 saturated heterocycles. The zero-order chi connectivity index (χ0) is 15.6. The van der Waals surface area contributed by atoms with Crippen molar-refractivity contribution in [2.45, 2.75) is 17.0 Å². The number of ether oxygens (including phenoxy) is 1. The van der Waals surface area contributed by atoms with Gasteiger partial charge in [-0.25, -0.2) is 13.1 Å². The zero-order valence-electron chi connectivity index (χ0n) is 11.1. The molecule has 0 saturated carbocycles. The van der Waals surface area contributed by atoms with Gasteiger partial charge < -0.3 is 10.1 Å². The van der Waals surface area contributed by atoms with Crippen molar-refractivity contribution >= 4 is 15.7 Å². The summed E-state index contributed by atoms with van der Waals surface area (Å²) in [5.74, 6) is -1.09. The Bertz CT molecular complexity index is 651. The van der Waals surface area contributed by atoms with Crippen molar-refractivity contribution in [2.24, 2.45) is 0 Å². The summed E-state index contributed by atoms with van der Waals surface area (Å²) in [4.78, 5) is 9.33. The first-order valence-electron chi connectivity index (χ1n) is 6.05. The highest BCUT2D eigenvalue weighted by Crippen LogP contribution is 2.22. The third kappa shape index (κ3) is 3.35. The van der Waals surface area contributed by atoms with Gasteiger partial charge in [0.25, 0.3) is 0 Å². The number of nitro groups is 1. The second-order valence-corrected chi connectivity index (χ2v) is 6.24. The summed E-state index contributed by atoms with van der Waals surface area (Å²) in [6.45, 7) is 0.869. The second kappa shape index (κ2) is 6.02. The second-order valence-electron chi connectivity index (χ2n) is 4.53. The van der Waals surface area contributed by atoms with Gasteiger partial charge in [0.05, 0.1) is 22.0 Å². The van der Waals surface area contributed by atoms with E-state index in [4.69, 9.17) is 4.74 Å². The third-order valence-electron chi connectivity index (χ3n) is 3.19. The van der Waals surface area contributed by atoms with Crippen LogP contribution in [0.2, 0.25) is 0 Å². The number of methoxy groups -OCH3 is 1. The average molecular weight is 319 g/mol. The van der Waals surface area contributed by atoms with E-state index in [2.05, 4.69) is 10.0 Å². The maximum Gasteiger partial charge on any atom is 0.306 e. The highest BCUT2D eigenvalue weighted by molar-refractivity contribution is 7.89. The van der Waals surface area contributed by atoms with Crippen LogP contribution >= 0.6 is 0 Å². The molecule has 10 heteroatoms. The number of nitrogens with zero attached hydrogens (tertiary/aromatic N) is 1. The van der Waals surface area contributed by atoms with Gasteiger partial charge in [-0.2, -0.15) is 4.39 Å². The van der Waals surface area contributed by atoms with E-state index in [-0.39, 0.29) is 11.0 Å². The summed E-state index contributed by atoms with van der Waals surface area (Å²) < 4.78 is 45.2. The van der Waals surface area contributed by atoms with Crippen molar-refractivity contribution in [2.75, 3.05) is 20.2 Å². The van der Waals surface area contributed by atoms with E-state index in [1.54, 1.807) is 0 Å². The molecule has 1 aliphatic rings. The average Bonchev–Trinajstić information content (AvgIpc) is 2.85. The SMILES string of the molecule is CO[C@H]1CNCC1NS(=O)(=O)c1ccc(F)c([N+](=O)[O-])c1. The number of nitro benzene ring substituents is 1. The maximum atomic E-state index is 13.2. The summed E-state index contributed by atoms with van der Waals surface area (Å²) >= 11 is 0. The Morgan fingerprint density at radius 1 is 1.48 bits per heavy atom. The van der Waals surface area contributed by atoms with Crippen LogP contribution in [-0.2, 0) is 14.8 Å². The summed E-state index contributed by atoms with van der Waals surface area (Å²) in [5, 5.41) is 13.6. The van der Waals surface area contributed by atoms with Crippen molar-refractivity contribution in [3.63, 3.8) is 0 Å². The molecule has 0 spiro atoms. The molecule has 2 N–H and O–H groups in total. The van der Waals surface area contributed by atoms with Gasteiger partial charge >= 0.3 is 5.69 Å². The summed E-state index contributed by atoms with van der Waals surface area (Å²) in [5.41, 5.74) is -0.884. The molecular weight excluding hydrogens is 305 g/mol. The van der Waals surface area contributed by atoms with Gasteiger partial charge in [-0.1, -0.05) is 0 Å². The van der Waals surface area contributed by atoms with Crippen LogP contribution in [0.4, 0.5) is 10.1 Å². The predicted octanol–water partition coefficient (Wildman–Crippen LogP) is -0.00100. The van der Waals surface area contributed by atoms with Crippen LogP contribution in [0.15, 0.2) is 23.1 Å². The van der Waals surface area contributed by atoms with E-state index < -0.39 is 32.5 Å². The fourth-order valence-corrected chi connectivity index (χ4v) is 3.37. The first-order chi connectivity index (χ1) is 9.85. The Hall–Kier alpha value is -1.62. The lowest BCUT2D eigenvalue weighted by Gasteiger charge is -2.18. The molecule has 1 aliphatic heterocycles. The lowest BCUT2D eigenvalue weighted by molar-refractivity contribution is -0.387. The number of rotatable bonds is 5. The van der Waals surface area contributed by atoms with Crippen molar-refractivity contribution in [1.29, 1.82) is 0 Å². The molecule has 1 aromatic rings. The Morgan fingerprint density at radius 2 is 2.19 bits per heavy atom. The molecule has 1 fully saturated rings. The van der Waals surface area contributed by atoms with Crippen LogP contribution in [0.3, 0.4) is 0 Å². The fourth-order valence-electron chi connectivity index (χ4n) is 2.09. The number of hydrogen-bond donors (Lipinski definition) is 2. The lowest BCUT2D eigenvalue weighted by Crippen LogP contribution is -2.43. The Morgan fingerprint density at radius 3 is 2.81 bits per heavy atom. The van der Waals surface area contributed by atoms with Crippen molar-refractivity contribution < 1.29 is 22.5 Å². The van der Waals surface area contributed by atoms with Crippen LogP contribution in [0.25, 0.3) is 0 Å². The van der Waals surface area contributed by atoms with E-state index in [1.165, 1.54) is 7.11 Å². The van der Waals surface area contributed by atoms with Gasteiger partial charge in [-0.15, -0.1) is 0 Å². The minimum atomic E-state index is -4.00. The Balaban J connectivity index is 2.27. The van der Waals surface area contributed by atoms with Gasteiger partial charge in [-0.05, 0) is 12.1 Å². The van der Waals surface area contributed by atoms with E-state index in [0.717, 1.165) is 12.1 Å². The van der Waals surface area contributed by atoms with Crippen molar-refractivity contribution in [3.05, 3.63) is 34.1 Å². The highest BCUT2D eigenvalue weighted by Gasteiger charge is 2.32. The monoisotopic (exact) mass is 319 g/mol. The number of sulfonamides is 1. The Kier molecular flexibility index (Phi) is 4.52. The van der Waals surface area contributed by atoms with Crippen molar-refractivity contribution in [3.8, 4) is 0 Å². The maximum absolute atomic E-state index is 13.2. The van der Waals surface area contributed by atoms with E-state index in [1.807, 2.05) is 0 Å². The number of hydrogen-bond acceptors (Lipinski definition) is 6. The molecule has 8 nitrogen and oxygen atoms in total. The van der Waals surface area contributed by atoms with Crippen LogP contribution < -0.4 is 10.0 Å². The first kappa shape index (κ1) is 15.8. The fraction of sp³-hybridized carbons (Fsp3) is 0.455. The van der Waals surface area contributed by atoms with Crippen LogP contribution in [0.1, 0.15) is 0 Å². The van der Waals surface area contributed by atoms with Gasteiger partial charge in [0.15, 0.2) is 0 Å². The molecule has 2 rings (SSSR count). The first-order valence-corrected chi connectivity index (χ1v) is 7.53. The minimum Gasteiger partial charge on any atom is -0.378 e.